The molecule has 2 aliphatic rings. The fraction of sp³-hybridized carbons (Fsp3) is 0.625. The molecule has 2 fully saturated rings. The fourth-order valence-electron chi connectivity index (χ4n) is 1.37. The molecule has 0 aromatic carbocycles. The molecule has 2 rings (SSSR count). The first kappa shape index (κ1) is 10.3. The molecule has 2 amide bonds. The van der Waals surface area contributed by atoms with Crippen LogP contribution in [0.2, 0.25) is 0 Å². The van der Waals surface area contributed by atoms with Crippen molar-refractivity contribution in [2.24, 2.45) is 0 Å². The number of amides is 2. The number of carbonyl (C=O) groups is 3. The molecule has 6 nitrogen and oxygen atoms in total. The molecule has 1 unspecified atom stereocenters. The van der Waals surface area contributed by atoms with Crippen LogP contribution in [0.3, 0.4) is 0 Å². The predicted octanol–water partition coefficient (Wildman–Crippen LogP) is -0.455. The van der Waals surface area contributed by atoms with E-state index in [2.05, 4.69) is 10.6 Å². The van der Waals surface area contributed by atoms with Gasteiger partial charge in [-0.15, -0.1) is 0 Å². The summed E-state index contributed by atoms with van der Waals surface area (Å²) < 4.78 is 0. The Balaban J connectivity index is 1.93. The molecule has 82 valence electrons. The Morgan fingerprint density at radius 3 is 2.60 bits per heavy atom. The van der Waals surface area contributed by atoms with Crippen molar-refractivity contribution in [1.29, 1.82) is 0 Å². The quantitative estimate of drug-likeness (QED) is 0.610. The van der Waals surface area contributed by atoms with E-state index in [9.17, 15) is 14.4 Å². The Labute approximate surface area is 89.8 Å². The lowest BCUT2D eigenvalue weighted by Gasteiger charge is -2.15. The van der Waals surface area contributed by atoms with Crippen LogP contribution in [0.25, 0.3) is 0 Å². The van der Waals surface area contributed by atoms with Gasteiger partial charge in [-0.3, -0.25) is 9.59 Å². The molecule has 3 N–H and O–H groups in total. The van der Waals surface area contributed by atoms with Crippen LogP contribution in [0.4, 0.5) is 4.79 Å². The van der Waals surface area contributed by atoms with Gasteiger partial charge in [-0.25, -0.2) is 4.79 Å². The van der Waals surface area contributed by atoms with Crippen LogP contribution in [-0.4, -0.2) is 39.6 Å². The third-order valence-corrected chi connectivity index (χ3v) is 3.39. The molecule has 0 spiro atoms. The molecular weight excluding hydrogens is 220 g/mol. The molecule has 0 aromatic rings. The van der Waals surface area contributed by atoms with Gasteiger partial charge in [0.25, 0.3) is 5.24 Å². The van der Waals surface area contributed by atoms with Crippen LogP contribution in [0.15, 0.2) is 0 Å². The second-order valence-electron chi connectivity index (χ2n) is 3.67. The van der Waals surface area contributed by atoms with Gasteiger partial charge in [0.05, 0.1) is 0 Å². The lowest BCUT2D eigenvalue weighted by molar-refractivity contribution is -0.143. The SMILES string of the molecule is O=C1NC(C(=O)NC2(C(=O)O)CC2)CS1. The van der Waals surface area contributed by atoms with E-state index in [1.807, 2.05) is 0 Å². The molecular formula is C8H10N2O4S. The molecule has 1 saturated heterocycles. The van der Waals surface area contributed by atoms with Crippen molar-refractivity contribution in [3.8, 4) is 0 Å². The second-order valence-corrected chi connectivity index (χ2v) is 4.66. The first-order valence-electron chi connectivity index (χ1n) is 4.52. The Morgan fingerprint density at radius 2 is 2.20 bits per heavy atom. The maximum absolute atomic E-state index is 11.5. The number of rotatable bonds is 3. The number of nitrogens with one attached hydrogen (secondary N) is 2. The van der Waals surface area contributed by atoms with Gasteiger partial charge < -0.3 is 15.7 Å². The van der Waals surface area contributed by atoms with Crippen LogP contribution >= 0.6 is 11.8 Å². The highest BCUT2D eigenvalue weighted by molar-refractivity contribution is 8.14. The summed E-state index contributed by atoms with van der Waals surface area (Å²) in [5.74, 6) is -1.05. The van der Waals surface area contributed by atoms with Crippen molar-refractivity contribution in [2.75, 3.05) is 5.75 Å². The Morgan fingerprint density at radius 1 is 1.53 bits per heavy atom. The van der Waals surface area contributed by atoms with Crippen molar-refractivity contribution < 1.29 is 19.5 Å². The summed E-state index contributed by atoms with van der Waals surface area (Å²) in [6.45, 7) is 0. The van der Waals surface area contributed by atoms with E-state index in [1.54, 1.807) is 0 Å². The molecule has 15 heavy (non-hydrogen) atoms. The van der Waals surface area contributed by atoms with E-state index in [0.717, 1.165) is 11.8 Å². The standard InChI is InChI=1S/C8H10N2O4S/c11-5(4-3-15-7(14)9-4)10-8(1-2-8)6(12)13/h4H,1-3H2,(H,9,14)(H,10,11)(H,12,13). The minimum absolute atomic E-state index is 0.240. The van der Waals surface area contributed by atoms with Gasteiger partial charge in [-0.1, -0.05) is 11.8 Å². The van der Waals surface area contributed by atoms with E-state index in [4.69, 9.17) is 5.11 Å². The maximum atomic E-state index is 11.5. The molecule has 0 radical (unpaired) electrons. The number of carbonyl (C=O) groups excluding carboxylic acids is 2. The van der Waals surface area contributed by atoms with Gasteiger partial charge in [0.2, 0.25) is 5.91 Å². The normalized spacial score (nSPS) is 26.9. The summed E-state index contributed by atoms with van der Waals surface area (Å²) in [6.07, 6.45) is 0.920. The predicted molar refractivity (Wildman–Crippen MR) is 52.5 cm³/mol. The van der Waals surface area contributed by atoms with Gasteiger partial charge in [0, 0.05) is 5.75 Å². The first-order valence-corrected chi connectivity index (χ1v) is 5.51. The van der Waals surface area contributed by atoms with Crippen molar-refractivity contribution in [3.63, 3.8) is 0 Å². The average Bonchev–Trinajstić information content (AvgIpc) is 2.82. The zero-order chi connectivity index (χ0) is 11.1. The second kappa shape index (κ2) is 3.41. The number of carboxylic acids is 1. The van der Waals surface area contributed by atoms with Crippen molar-refractivity contribution in [3.05, 3.63) is 0 Å². The fourth-order valence-corrected chi connectivity index (χ4v) is 2.14. The molecule has 7 heteroatoms. The minimum atomic E-state index is -1.07. The van der Waals surface area contributed by atoms with E-state index < -0.39 is 23.5 Å². The third kappa shape index (κ3) is 1.92. The molecule has 1 atom stereocenters. The lowest BCUT2D eigenvalue weighted by Crippen LogP contribution is -2.51. The lowest BCUT2D eigenvalue weighted by atomic mass is 10.2. The molecule has 0 aromatic heterocycles. The number of carboxylic acid groups (broad SMARTS) is 1. The zero-order valence-corrected chi connectivity index (χ0v) is 8.60. The van der Waals surface area contributed by atoms with Gasteiger partial charge >= 0.3 is 5.97 Å². The van der Waals surface area contributed by atoms with Gasteiger partial charge in [-0.05, 0) is 12.8 Å². The number of hydrogen-bond donors (Lipinski definition) is 3. The van der Waals surface area contributed by atoms with Crippen molar-refractivity contribution in [1.82, 2.24) is 10.6 Å². The zero-order valence-electron chi connectivity index (χ0n) is 7.78. The van der Waals surface area contributed by atoms with Gasteiger partial charge in [-0.2, -0.15) is 0 Å². The Bertz CT molecular complexity index is 340. The van der Waals surface area contributed by atoms with Crippen LogP contribution < -0.4 is 10.6 Å². The monoisotopic (exact) mass is 230 g/mol. The van der Waals surface area contributed by atoms with Crippen LogP contribution in [0.5, 0.6) is 0 Å². The summed E-state index contributed by atoms with van der Waals surface area (Å²) in [4.78, 5) is 33.2. The van der Waals surface area contributed by atoms with Crippen LogP contribution in [0.1, 0.15) is 12.8 Å². The third-order valence-electron chi connectivity index (χ3n) is 2.51. The van der Waals surface area contributed by atoms with Crippen molar-refractivity contribution in [2.45, 2.75) is 24.4 Å². The van der Waals surface area contributed by atoms with E-state index in [-0.39, 0.29) is 5.24 Å². The summed E-state index contributed by atoms with van der Waals surface area (Å²) in [5.41, 5.74) is -1.07. The molecule has 1 aliphatic heterocycles. The molecule has 1 aliphatic carbocycles. The summed E-state index contributed by atoms with van der Waals surface area (Å²) in [5, 5.41) is 13.5. The average molecular weight is 230 g/mol. The maximum Gasteiger partial charge on any atom is 0.329 e. The Kier molecular flexibility index (Phi) is 2.34. The van der Waals surface area contributed by atoms with Crippen molar-refractivity contribution >= 4 is 28.9 Å². The molecule has 0 bridgehead atoms. The molecule has 1 saturated carbocycles. The van der Waals surface area contributed by atoms with E-state index in [0.29, 0.717) is 18.6 Å². The Hall–Kier alpha value is -1.24. The number of aliphatic carboxylic acids is 1. The van der Waals surface area contributed by atoms with E-state index >= 15 is 0 Å². The summed E-state index contributed by atoms with van der Waals surface area (Å²) in [7, 11) is 0. The van der Waals surface area contributed by atoms with Gasteiger partial charge in [0.15, 0.2) is 0 Å². The number of thioether (sulfide) groups is 1. The van der Waals surface area contributed by atoms with Crippen LogP contribution in [-0.2, 0) is 9.59 Å². The van der Waals surface area contributed by atoms with Crippen LogP contribution in [0, 0.1) is 0 Å². The summed E-state index contributed by atoms with van der Waals surface area (Å²) >= 11 is 1.03. The van der Waals surface area contributed by atoms with E-state index in [1.165, 1.54) is 0 Å². The topological polar surface area (TPSA) is 95.5 Å². The molecule has 1 heterocycles. The minimum Gasteiger partial charge on any atom is -0.480 e. The highest BCUT2D eigenvalue weighted by atomic mass is 32.2. The highest BCUT2D eigenvalue weighted by Gasteiger charge is 2.52. The largest absolute Gasteiger partial charge is 0.480 e. The first-order chi connectivity index (χ1) is 7.03. The smallest absolute Gasteiger partial charge is 0.329 e. The van der Waals surface area contributed by atoms with Gasteiger partial charge in [0.1, 0.15) is 11.6 Å². The number of hydrogen-bond acceptors (Lipinski definition) is 4. The highest BCUT2D eigenvalue weighted by Crippen LogP contribution is 2.35. The summed E-state index contributed by atoms with van der Waals surface area (Å²) in [6, 6.07) is -0.598.